The van der Waals surface area contributed by atoms with Crippen molar-refractivity contribution in [1.29, 1.82) is 0 Å². The van der Waals surface area contributed by atoms with E-state index in [4.69, 9.17) is 5.11 Å². The van der Waals surface area contributed by atoms with Gasteiger partial charge in [-0.05, 0) is 25.3 Å². The molecule has 0 unspecified atom stereocenters. The van der Waals surface area contributed by atoms with E-state index in [-0.39, 0.29) is 0 Å². The number of rotatable bonds is 4. The first-order chi connectivity index (χ1) is 5.74. The first kappa shape index (κ1) is 9.52. The average Bonchev–Trinajstić information content (AvgIpc) is 2.51. The van der Waals surface area contributed by atoms with Crippen molar-refractivity contribution >= 4 is 5.97 Å². The van der Waals surface area contributed by atoms with E-state index < -0.39 is 5.97 Å². The fraction of sp³-hybridized carbons (Fsp3) is 0.889. The first-order valence-corrected chi connectivity index (χ1v) is 4.69. The van der Waals surface area contributed by atoms with Crippen molar-refractivity contribution < 1.29 is 9.90 Å². The summed E-state index contributed by atoms with van der Waals surface area (Å²) in [5.41, 5.74) is 0. The molecule has 0 aromatic heterocycles. The quantitative estimate of drug-likeness (QED) is 0.669. The highest BCUT2D eigenvalue weighted by Gasteiger charge is 2.24. The Hall–Kier alpha value is -0.570. The zero-order valence-electron chi connectivity index (χ0n) is 7.55. The molecule has 0 amide bonds. The van der Waals surface area contributed by atoms with Gasteiger partial charge in [0.15, 0.2) is 0 Å². The van der Waals surface area contributed by atoms with Gasteiger partial charge in [-0.1, -0.05) is 13.3 Å². The number of hydrogen-bond donors (Lipinski definition) is 2. The Balaban J connectivity index is 2.37. The summed E-state index contributed by atoms with van der Waals surface area (Å²) in [4.78, 5) is 10.5. The van der Waals surface area contributed by atoms with Gasteiger partial charge in [-0.25, -0.2) is 0 Å². The van der Waals surface area contributed by atoms with Gasteiger partial charge in [0, 0.05) is 12.5 Å². The summed E-state index contributed by atoms with van der Waals surface area (Å²) >= 11 is 0. The number of carbonyl (C=O) groups is 1. The second kappa shape index (κ2) is 4.45. The molecule has 0 saturated carbocycles. The molecule has 3 nitrogen and oxygen atoms in total. The third-order valence-electron chi connectivity index (χ3n) is 2.63. The van der Waals surface area contributed by atoms with E-state index in [9.17, 15) is 4.79 Å². The number of hydrogen-bond acceptors (Lipinski definition) is 2. The normalized spacial score (nSPS) is 25.6. The molecule has 0 radical (unpaired) electrons. The minimum absolute atomic E-state index is 0.314. The van der Waals surface area contributed by atoms with Gasteiger partial charge in [0.2, 0.25) is 0 Å². The third-order valence-corrected chi connectivity index (χ3v) is 2.63. The zero-order chi connectivity index (χ0) is 8.97. The summed E-state index contributed by atoms with van der Waals surface area (Å²) in [5.74, 6) is -0.347. The van der Waals surface area contributed by atoms with Gasteiger partial charge in [0.1, 0.15) is 0 Å². The second-order valence-corrected chi connectivity index (χ2v) is 3.47. The molecule has 2 N–H and O–H groups in total. The minimum Gasteiger partial charge on any atom is -0.481 e. The lowest BCUT2D eigenvalue weighted by Gasteiger charge is -2.20. The summed E-state index contributed by atoms with van der Waals surface area (Å²) in [6.45, 7) is 3.12. The maximum atomic E-state index is 10.5. The van der Waals surface area contributed by atoms with Crippen molar-refractivity contribution in [3.05, 3.63) is 0 Å². The third kappa shape index (κ3) is 2.48. The van der Waals surface area contributed by atoms with E-state index in [0.29, 0.717) is 18.4 Å². The molecule has 70 valence electrons. The monoisotopic (exact) mass is 171 g/mol. The van der Waals surface area contributed by atoms with E-state index in [1.165, 1.54) is 6.42 Å². The van der Waals surface area contributed by atoms with Gasteiger partial charge >= 0.3 is 5.97 Å². The summed E-state index contributed by atoms with van der Waals surface area (Å²) in [7, 11) is 0. The molecule has 1 saturated heterocycles. The molecule has 1 rings (SSSR count). The molecule has 1 aliphatic heterocycles. The lowest BCUT2D eigenvalue weighted by atomic mass is 9.92. The van der Waals surface area contributed by atoms with Crippen LogP contribution in [0.15, 0.2) is 0 Å². The summed E-state index contributed by atoms with van der Waals surface area (Å²) < 4.78 is 0. The van der Waals surface area contributed by atoms with Crippen LogP contribution < -0.4 is 5.32 Å². The number of carboxylic acid groups (broad SMARTS) is 1. The van der Waals surface area contributed by atoms with Crippen LogP contribution in [0.2, 0.25) is 0 Å². The van der Waals surface area contributed by atoms with Crippen LogP contribution in [0, 0.1) is 5.92 Å². The molecule has 0 aliphatic carbocycles. The van der Waals surface area contributed by atoms with E-state index >= 15 is 0 Å². The van der Waals surface area contributed by atoms with E-state index in [0.717, 1.165) is 19.4 Å². The Morgan fingerprint density at radius 2 is 2.50 bits per heavy atom. The Morgan fingerprint density at radius 3 is 2.92 bits per heavy atom. The molecule has 0 aromatic rings. The lowest BCUT2D eigenvalue weighted by molar-refractivity contribution is -0.138. The van der Waals surface area contributed by atoms with Gasteiger partial charge < -0.3 is 10.4 Å². The molecule has 0 spiro atoms. The van der Waals surface area contributed by atoms with Crippen LogP contribution in [0.4, 0.5) is 0 Å². The maximum Gasteiger partial charge on any atom is 0.303 e. The fourth-order valence-corrected chi connectivity index (χ4v) is 1.91. The summed E-state index contributed by atoms with van der Waals surface area (Å²) in [6, 6.07) is 0.450. The van der Waals surface area contributed by atoms with Crippen molar-refractivity contribution in [3.8, 4) is 0 Å². The predicted octanol–water partition coefficient (Wildman–Crippen LogP) is 1.24. The van der Waals surface area contributed by atoms with Crippen LogP contribution in [0.1, 0.15) is 32.6 Å². The first-order valence-electron chi connectivity index (χ1n) is 4.69. The Labute approximate surface area is 73.2 Å². The molecule has 1 fully saturated rings. The predicted molar refractivity (Wildman–Crippen MR) is 47.1 cm³/mol. The van der Waals surface area contributed by atoms with Crippen LogP contribution in [0.5, 0.6) is 0 Å². The van der Waals surface area contributed by atoms with Crippen LogP contribution in [0.25, 0.3) is 0 Å². The van der Waals surface area contributed by atoms with Gasteiger partial charge in [-0.2, -0.15) is 0 Å². The molecule has 1 heterocycles. The molecule has 12 heavy (non-hydrogen) atoms. The molecule has 0 aromatic carbocycles. The van der Waals surface area contributed by atoms with Crippen molar-refractivity contribution in [3.63, 3.8) is 0 Å². The molecular weight excluding hydrogens is 154 g/mol. The standard InChI is InChI=1S/C9H17NO2/c1-2-7(6-9(11)12)8-4-3-5-10-8/h7-8,10H,2-6H2,1H3,(H,11,12)/t7-,8+/m0/s1. The van der Waals surface area contributed by atoms with Crippen molar-refractivity contribution in [1.82, 2.24) is 5.32 Å². The van der Waals surface area contributed by atoms with Gasteiger partial charge in [-0.3, -0.25) is 4.79 Å². The summed E-state index contributed by atoms with van der Waals surface area (Å²) in [5, 5.41) is 12.0. The highest BCUT2D eigenvalue weighted by Crippen LogP contribution is 2.20. The van der Waals surface area contributed by atoms with Crippen LogP contribution >= 0.6 is 0 Å². The SMILES string of the molecule is CC[C@@H](CC(=O)O)[C@H]1CCCN1. The highest BCUT2D eigenvalue weighted by atomic mass is 16.4. The Bertz CT molecular complexity index is 153. The molecule has 1 aliphatic rings. The largest absolute Gasteiger partial charge is 0.481 e. The topological polar surface area (TPSA) is 49.3 Å². The second-order valence-electron chi connectivity index (χ2n) is 3.47. The van der Waals surface area contributed by atoms with E-state index in [2.05, 4.69) is 12.2 Å². The van der Waals surface area contributed by atoms with E-state index in [1.807, 2.05) is 0 Å². The van der Waals surface area contributed by atoms with Gasteiger partial charge in [0.25, 0.3) is 0 Å². The Kier molecular flexibility index (Phi) is 3.53. The maximum absolute atomic E-state index is 10.5. The van der Waals surface area contributed by atoms with Crippen molar-refractivity contribution in [2.45, 2.75) is 38.6 Å². The molecule has 3 heteroatoms. The van der Waals surface area contributed by atoms with Gasteiger partial charge in [0.05, 0.1) is 0 Å². The number of nitrogens with one attached hydrogen (secondary N) is 1. The van der Waals surface area contributed by atoms with Crippen LogP contribution in [-0.4, -0.2) is 23.7 Å². The minimum atomic E-state index is -0.671. The smallest absolute Gasteiger partial charge is 0.303 e. The Morgan fingerprint density at radius 1 is 1.75 bits per heavy atom. The average molecular weight is 171 g/mol. The van der Waals surface area contributed by atoms with Crippen molar-refractivity contribution in [2.75, 3.05) is 6.54 Å². The van der Waals surface area contributed by atoms with E-state index in [1.54, 1.807) is 0 Å². The zero-order valence-corrected chi connectivity index (χ0v) is 7.55. The summed E-state index contributed by atoms with van der Waals surface area (Å²) in [6.07, 6.45) is 3.62. The van der Waals surface area contributed by atoms with Gasteiger partial charge in [-0.15, -0.1) is 0 Å². The van der Waals surface area contributed by atoms with Crippen LogP contribution in [-0.2, 0) is 4.79 Å². The molecular formula is C9H17NO2. The number of carboxylic acids is 1. The molecule has 0 bridgehead atoms. The lowest BCUT2D eigenvalue weighted by Crippen LogP contribution is -2.31. The fourth-order valence-electron chi connectivity index (χ4n) is 1.91. The molecule has 2 atom stereocenters. The number of aliphatic carboxylic acids is 1. The highest BCUT2D eigenvalue weighted by molar-refractivity contribution is 5.67. The van der Waals surface area contributed by atoms with Crippen molar-refractivity contribution in [2.24, 2.45) is 5.92 Å². The van der Waals surface area contributed by atoms with Crippen LogP contribution in [0.3, 0.4) is 0 Å².